The lowest BCUT2D eigenvalue weighted by Crippen LogP contribution is -2.29. The fraction of sp³-hybridized carbons (Fsp3) is 0.133. The van der Waals surface area contributed by atoms with E-state index in [1.807, 2.05) is 49.4 Å². The SMILES string of the molecule is CCCOc1cccc(/C(O)=C2/C(=O)C(=O)N(c3ccc(Nc4ccccc4)cc3)C2c2ccco2)c1. The zero-order valence-electron chi connectivity index (χ0n) is 20.3. The molecule has 0 aliphatic carbocycles. The molecular weight excluding hydrogens is 468 g/mol. The average Bonchev–Trinajstić information content (AvgIpc) is 3.55. The summed E-state index contributed by atoms with van der Waals surface area (Å²) in [4.78, 5) is 27.9. The highest BCUT2D eigenvalue weighted by molar-refractivity contribution is 6.51. The van der Waals surface area contributed by atoms with Crippen molar-refractivity contribution in [2.24, 2.45) is 0 Å². The first-order valence-corrected chi connectivity index (χ1v) is 12.1. The summed E-state index contributed by atoms with van der Waals surface area (Å²) >= 11 is 0. The minimum absolute atomic E-state index is 0.0425. The Morgan fingerprint density at radius 3 is 2.41 bits per heavy atom. The van der Waals surface area contributed by atoms with E-state index in [9.17, 15) is 14.7 Å². The molecule has 1 aliphatic heterocycles. The maximum atomic E-state index is 13.3. The number of carbonyl (C=O) groups is 2. The second-order valence-electron chi connectivity index (χ2n) is 8.60. The Morgan fingerprint density at radius 2 is 1.70 bits per heavy atom. The van der Waals surface area contributed by atoms with Gasteiger partial charge in [0, 0.05) is 22.6 Å². The molecule has 0 spiro atoms. The van der Waals surface area contributed by atoms with Gasteiger partial charge in [-0.05, 0) is 67.1 Å². The molecule has 1 atom stereocenters. The van der Waals surface area contributed by atoms with E-state index in [1.54, 1.807) is 48.5 Å². The number of furan rings is 1. The summed E-state index contributed by atoms with van der Waals surface area (Å²) in [5, 5.41) is 14.6. The smallest absolute Gasteiger partial charge is 0.300 e. The van der Waals surface area contributed by atoms with Gasteiger partial charge >= 0.3 is 0 Å². The van der Waals surface area contributed by atoms with Crippen LogP contribution in [-0.4, -0.2) is 23.4 Å². The highest BCUT2D eigenvalue weighted by Gasteiger charge is 2.48. The number of anilines is 3. The molecule has 5 rings (SSSR count). The summed E-state index contributed by atoms with van der Waals surface area (Å²) in [6.45, 7) is 2.52. The maximum Gasteiger partial charge on any atom is 0.300 e. The number of hydrogen-bond donors (Lipinski definition) is 2. The molecule has 1 saturated heterocycles. The second kappa shape index (κ2) is 10.5. The van der Waals surface area contributed by atoms with Gasteiger partial charge in [0.2, 0.25) is 0 Å². The number of nitrogens with one attached hydrogen (secondary N) is 1. The van der Waals surface area contributed by atoms with Gasteiger partial charge in [0.1, 0.15) is 23.3 Å². The summed E-state index contributed by atoms with van der Waals surface area (Å²) in [5.74, 6) is -0.885. The molecule has 2 N–H and O–H groups in total. The Bertz CT molecular complexity index is 1430. The van der Waals surface area contributed by atoms with Gasteiger partial charge in [0.05, 0.1) is 18.4 Å². The lowest BCUT2D eigenvalue weighted by atomic mass is 9.99. The molecule has 186 valence electrons. The predicted octanol–water partition coefficient (Wildman–Crippen LogP) is 6.44. The molecule has 3 aromatic carbocycles. The monoisotopic (exact) mass is 494 g/mol. The van der Waals surface area contributed by atoms with Crippen molar-refractivity contribution in [3.63, 3.8) is 0 Å². The Kier molecular flexibility index (Phi) is 6.76. The predicted molar refractivity (Wildman–Crippen MR) is 142 cm³/mol. The Balaban J connectivity index is 1.53. The van der Waals surface area contributed by atoms with Crippen molar-refractivity contribution in [2.45, 2.75) is 19.4 Å². The normalized spacial score (nSPS) is 16.7. The summed E-state index contributed by atoms with van der Waals surface area (Å²) in [7, 11) is 0. The molecule has 0 saturated carbocycles. The molecular formula is C30H26N2O5. The van der Waals surface area contributed by atoms with Crippen molar-refractivity contribution in [2.75, 3.05) is 16.8 Å². The molecule has 0 bridgehead atoms. The van der Waals surface area contributed by atoms with E-state index >= 15 is 0 Å². The molecule has 1 aliphatic rings. The third-order valence-electron chi connectivity index (χ3n) is 6.05. The van der Waals surface area contributed by atoms with Crippen molar-refractivity contribution in [3.8, 4) is 5.75 Å². The van der Waals surface area contributed by atoms with E-state index in [-0.39, 0.29) is 11.3 Å². The number of hydrogen-bond acceptors (Lipinski definition) is 6. The Labute approximate surface area is 214 Å². The van der Waals surface area contributed by atoms with E-state index in [0.29, 0.717) is 29.4 Å². The zero-order chi connectivity index (χ0) is 25.8. The van der Waals surface area contributed by atoms with Crippen LogP contribution in [0.4, 0.5) is 17.1 Å². The van der Waals surface area contributed by atoms with Gasteiger partial charge in [-0.2, -0.15) is 0 Å². The molecule has 1 aromatic heterocycles. The minimum atomic E-state index is -0.928. The van der Waals surface area contributed by atoms with Crippen LogP contribution < -0.4 is 15.0 Å². The summed E-state index contributed by atoms with van der Waals surface area (Å²) < 4.78 is 11.3. The van der Waals surface area contributed by atoms with Gasteiger partial charge in [-0.15, -0.1) is 0 Å². The van der Waals surface area contributed by atoms with Crippen LogP contribution in [0.5, 0.6) is 5.75 Å². The highest BCUT2D eigenvalue weighted by Crippen LogP contribution is 2.42. The first-order valence-electron chi connectivity index (χ1n) is 12.1. The van der Waals surface area contributed by atoms with Crippen LogP contribution in [0.3, 0.4) is 0 Å². The minimum Gasteiger partial charge on any atom is -0.507 e. The van der Waals surface area contributed by atoms with Gasteiger partial charge in [0.25, 0.3) is 11.7 Å². The Hall–Kier alpha value is -4.78. The third-order valence-corrected chi connectivity index (χ3v) is 6.05. The fourth-order valence-corrected chi connectivity index (χ4v) is 4.32. The number of amides is 1. The number of ether oxygens (including phenoxy) is 1. The third kappa shape index (κ3) is 4.84. The van der Waals surface area contributed by atoms with Crippen LogP contribution in [0.2, 0.25) is 0 Å². The largest absolute Gasteiger partial charge is 0.507 e. The number of benzene rings is 3. The first kappa shape index (κ1) is 23.9. The average molecular weight is 495 g/mol. The lowest BCUT2D eigenvalue weighted by molar-refractivity contribution is -0.132. The summed E-state index contributed by atoms with van der Waals surface area (Å²) in [6, 6.07) is 26.2. The van der Waals surface area contributed by atoms with Gasteiger partial charge in [-0.25, -0.2) is 0 Å². The lowest BCUT2D eigenvalue weighted by Gasteiger charge is -2.23. The maximum absolute atomic E-state index is 13.3. The van der Waals surface area contributed by atoms with Gasteiger partial charge in [0.15, 0.2) is 0 Å². The van der Waals surface area contributed by atoms with Crippen LogP contribution >= 0.6 is 0 Å². The van der Waals surface area contributed by atoms with Crippen molar-refractivity contribution in [1.82, 2.24) is 0 Å². The molecule has 1 fully saturated rings. The van der Waals surface area contributed by atoms with Crippen LogP contribution in [0.15, 0.2) is 107 Å². The van der Waals surface area contributed by atoms with E-state index < -0.39 is 17.7 Å². The molecule has 1 unspecified atom stereocenters. The van der Waals surface area contributed by atoms with Crippen LogP contribution in [0, 0.1) is 0 Å². The molecule has 0 radical (unpaired) electrons. The number of rotatable bonds is 8. The molecule has 2 heterocycles. The number of nitrogens with zero attached hydrogens (tertiary/aromatic N) is 1. The summed E-state index contributed by atoms with van der Waals surface area (Å²) in [5.41, 5.74) is 2.59. The number of ketones is 1. The topological polar surface area (TPSA) is 92.0 Å². The zero-order valence-corrected chi connectivity index (χ0v) is 20.3. The summed E-state index contributed by atoms with van der Waals surface area (Å²) in [6.07, 6.45) is 2.31. The number of Topliss-reactive ketones (excluding diaryl/α,β-unsaturated/α-hetero) is 1. The molecule has 7 heteroatoms. The van der Waals surface area contributed by atoms with Gasteiger partial charge in [-0.3, -0.25) is 14.5 Å². The van der Waals surface area contributed by atoms with Crippen molar-refractivity contribution in [1.29, 1.82) is 0 Å². The molecule has 37 heavy (non-hydrogen) atoms. The number of carbonyl (C=O) groups excluding carboxylic acids is 2. The second-order valence-corrected chi connectivity index (χ2v) is 8.60. The van der Waals surface area contributed by atoms with Crippen molar-refractivity contribution >= 4 is 34.5 Å². The highest BCUT2D eigenvalue weighted by atomic mass is 16.5. The van der Waals surface area contributed by atoms with Crippen molar-refractivity contribution < 1.29 is 23.8 Å². The van der Waals surface area contributed by atoms with E-state index in [0.717, 1.165) is 17.8 Å². The van der Waals surface area contributed by atoms with Crippen LogP contribution in [0.25, 0.3) is 5.76 Å². The fourth-order valence-electron chi connectivity index (χ4n) is 4.32. The number of aliphatic hydroxyl groups excluding tert-OH is 1. The van der Waals surface area contributed by atoms with E-state index in [4.69, 9.17) is 9.15 Å². The van der Waals surface area contributed by atoms with E-state index in [2.05, 4.69) is 5.32 Å². The quantitative estimate of drug-likeness (QED) is 0.166. The first-order chi connectivity index (χ1) is 18.1. The molecule has 4 aromatic rings. The standard InChI is InChI=1S/C30H26N2O5/c1-2-17-36-24-11-6-8-20(19-24)28(33)26-27(25-12-7-18-37-25)32(30(35)29(26)34)23-15-13-22(14-16-23)31-21-9-4-3-5-10-21/h3-16,18-19,27,31,33H,2,17H2,1H3/b28-26-. The Morgan fingerprint density at radius 1 is 0.946 bits per heavy atom. The van der Waals surface area contributed by atoms with Gasteiger partial charge in [-0.1, -0.05) is 37.3 Å². The van der Waals surface area contributed by atoms with Gasteiger partial charge < -0.3 is 19.6 Å². The van der Waals surface area contributed by atoms with Crippen LogP contribution in [-0.2, 0) is 9.59 Å². The number of para-hydroxylation sites is 1. The molecule has 7 nitrogen and oxygen atoms in total. The molecule has 1 amide bonds. The van der Waals surface area contributed by atoms with Crippen LogP contribution in [0.1, 0.15) is 30.7 Å². The number of aliphatic hydroxyl groups is 1. The van der Waals surface area contributed by atoms with E-state index in [1.165, 1.54) is 11.2 Å². The van der Waals surface area contributed by atoms with Crippen molar-refractivity contribution in [3.05, 3.63) is 114 Å².